The van der Waals surface area contributed by atoms with Crippen molar-refractivity contribution in [2.75, 3.05) is 6.61 Å². The minimum Gasteiger partial charge on any atom is -0.430 e. The molecule has 2 unspecified atom stereocenters. The summed E-state index contributed by atoms with van der Waals surface area (Å²) in [6.07, 6.45) is 0.647. The Bertz CT molecular complexity index is 743. The number of nitriles is 1. The molecule has 0 radical (unpaired) electrons. The maximum atomic E-state index is 11.7. The largest absolute Gasteiger partial charge is 0.508 e. The lowest BCUT2D eigenvalue weighted by Crippen LogP contribution is -2.35. The van der Waals surface area contributed by atoms with E-state index in [0.29, 0.717) is 18.5 Å². The Morgan fingerprint density at radius 1 is 1.62 bits per heavy atom. The van der Waals surface area contributed by atoms with Crippen molar-refractivity contribution in [1.82, 2.24) is 4.98 Å². The Morgan fingerprint density at radius 3 is 2.96 bits per heavy atom. The summed E-state index contributed by atoms with van der Waals surface area (Å²) in [6, 6.07) is 5.61. The molecule has 0 aromatic carbocycles. The molecule has 2 rings (SSSR count). The molecule has 140 valence electrons. The van der Waals surface area contributed by atoms with Crippen molar-refractivity contribution in [2.45, 2.75) is 50.9 Å². The molecule has 0 saturated carbocycles. The Morgan fingerprint density at radius 2 is 2.35 bits per heavy atom. The number of aromatic nitrogens is 1. The predicted molar refractivity (Wildman–Crippen MR) is 93.9 cm³/mol. The van der Waals surface area contributed by atoms with E-state index < -0.39 is 17.4 Å². The molecule has 2 atom stereocenters. The monoisotopic (exact) mass is 361 g/mol. The van der Waals surface area contributed by atoms with E-state index in [4.69, 9.17) is 25.4 Å². The topological polar surface area (TPSA) is 147 Å². The first-order valence-electron chi connectivity index (χ1n) is 8.14. The summed E-state index contributed by atoms with van der Waals surface area (Å²) in [5.74, 6) is 0.184. The number of carbonyl (C=O) groups is 1. The van der Waals surface area contributed by atoms with Crippen molar-refractivity contribution < 1.29 is 19.0 Å². The summed E-state index contributed by atoms with van der Waals surface area (Å²) in [5.41, 5.74) is 5.13. The van der Waals surface area contributed by atoms with Gasteiger partial charge in [-0.15, -0.1) is 0 Å². The number of hydrogen-bond acceptors (Lipinski definition) is 6. The van der Waals surface area contributed by atoms with Gasteiger partial charge in [-0.1, -0.05) is 0 Å². The van der Waals surface area contributed by atoms with Gasteiger partial charge in [-0.25, -0.2) is 9.79 Å². The highest BCUT2D eigenvalue weighted by Crippen LogP contribution is 2.39. The highest BCUT2D eigenvalue weighted by molar-refractivity contribution is 5.99. The first kappa shape index (κ1) is 19.5. The normalized spacial score (nSPS) is 23.3. The Kier molecular flexibility index (Phi) is 5.67. The number of carbonyl (C=O) groups excluding carboxylic acids is 1. The van der Waals surface area contributed by atoms with E-state index in [1.165, 1.54) is 0 Å². The fourth-order valence-corrected chi connectivity index (χ4v) is 2.54. The van der Waals surface area contributed by atoms with Crippen molar-refractivity contribution in [1.29, 1.82) is 10.7 Å². The molecule has 1 aliphatic rings. The van der Waals surface area contributed by atoms with Crippen molar-refractivity contribution in [2.24, 2.45) is 10.7 Å². The molecule has 9 heteroatoms. The van der Waals surface area contributed by atoms with Crippen LogP contribution in [0.2, 0.25) is 0 Å². The first-order chi connectivity index (χ1) is 12.2. The number of hydrogen-bond donors (Lipinski definition) is 3. The van der Waals surface area contributed by atoms with Gasteiger partial charge in [0.15, 0.2) is 5.60 Å². The number of rotatable bonds is 5. The third-order valence-corrected chi connectivity index (χ3v) is 3.73. The van der Waals surface area contributed by atoms with E-state index >= 15 is 0 Å². The molecule has 2 heterocycles. The molecule has 1 aromatic rings. The number of nitrogens with one attached hydrogen (secondary N) is 2. The quantitative estimate of drug-likeness (QED) is 0.417. The molecule has 0 spiro atoms. The molecular formula is C17H23N5O4. The van der Waals surface area contributed by atoms with Crippen LogP contribution in [0, 0.1) is 16.7 Å². The summed E-state index contributed by atoms with van der Waals surface area (Å²) >= 11 is 0. The van der Waals surface area contributed by atoms with Crippen LogP contribution in [0.25, 0.3) is 0 Å². The lowest BCUT2D eigenvalue weighted by atomic mass is 10.0. The molecule has 26 heavy (non-hydrogen) atoms. The minimum atomic E-state index is -1.22. The summed E-state index contributed by atoms with van der Waals surface area (Å²) in [7, 11) is 0. The third-order valence-electron chi connectivity index (χ3n) is 3.73. The lowest BCUT2D eigenvalue weighted by Gasteiger charge is -2.23. The number of amidine groups is 1. The van der Waals surface area contributed by atoms with E-state index in [1.807, 2.05) is 0 Å². The number of H-pyrrole nitrogens is 1. The second-order valence-electron chi connectivity index (χ2n) is 6.98. The molecule has 0 bridgehead atoms. The molecule has 0 amide bonds. The number of aromatic amines is 1. The van der Waals surface area contributed by atoms with Gasteiger partial charge in [0.2, 0.25) is 0 Å². The first-order valence-corrected chi connectivity index (χ1v) is 8.14. The summed E-state index contributed by atoms with van der Waals surface area (Å²) in [4.78, 5) is 18.5. The standard InChI is InChI=1S/C17H23N5O4/c1-16(2,3)26-15(23)24-9-17(8-18)7-6-13(25-17)11-4-5-12(22-11)14(20)21-10-19/h4-5,10,13,22H,6-7,9H2,1-3H3,(H3,19,20,21). The Labute approximate surface area is 151 Å². The van der Waals surface area contributed by atoms with Gasteiger partial charge in [-0.3, -0.25) is 5.41 Å². The Hall–Kier alpha value is -2.86. The fraction of sp³-hybridized carbons (Fsp3) is 0.529. The summed E-state index contributed by atoms with van der Waals surface area (Å²) in [5, 5.41) is 16.5. The SMILES string of the molecule is CC(C)(C)OC(=O)OCC1(C#N)CCC(c2ccc(/C(N)=N\C=N)[nH]2)O1. The van der Waals surface area contributed by atoms with Gasteiger partial charge in [0.25, 0.3) is 0 Å². The van der Waals surface area contributed by atoms with E-state index in [9.17, 15) is 10.1 Å². The second-order valence-corrected chi connectivity index (χ2v) is 6.98. The van der Waals surface area contributed by atoms with Gasteiger partial charge in [0.1, 0.15) is 30.5 Å². The van der Waals surface area contributed by atoms with Gasteiger partial charge >= 0.3 is 6.16 Å². The maximum absolute atomic E-state index is 11.7. The molecule has 4 N–H and O–H groups in total. The number of aliphatic imine (C=N–C) groups is 1. The van der Waals surface area contributed by atoms with Crippen LogP contribution in [0.1, 0.15) is 51.1 Å². The van der Waals surface area contributed by atoms with Crippen molar-refractivity contribution in [3.05, 3.63) is 23.5 Å². The molecule has 1 aromatic heterocycles. The van der Waals surface area contributed by atoms with Crippen molar-refractivity contribution in [3.63, 3.8) is 0 Å². The smallest absolute Gasteiger partial charge is 0.430 e. The van der Waals surface area contributed by atoms with Gasteiger partial charge in [0.05, 0.1) is 11.8 Å². The summed E-state index contributed by atoms with van der Waals surface area (Å²) < 4.78 is 16.0. The van der Waals surface area contributed by atoms with Crippen molar-refractivity contribution in [3.8, 4) is 6.07 Å². The van der Waals surface area contributed by atoms with Crippen LogP contribution in [0.15, 0.2) is 17.1 Å². The van der Waals surface area contributed by atoms with E-state index in [-0.39, 0.29) is 18.5 Å². The van der Waals surface area contributed by atoms with Crippen molar-refractivity contribution >= 4 is 18.3 Å². The zero-order valence-electron chi connectivity index (χ0n) is 15.0. The van der Waals surface area contributed by atoms with E-state index in [1.54, 1.807) is 32.9 Å². The fourth-order valence-electron chi connectivity index (χ4n) is 2.54. The molecule has 1 fully saturated rings. The molecular weight excluding hydrogens is 338 g/mol. The number of nitrogens with zero attached hydrogens (tertiary/aromatic N) is 2. The highest BCUT2D eigenvalue weighted by atomic mass is 16.7. The van der Waals surface area contributed by atoms with Crippen LogP contribution in [0.3, 0.4) is 0 Å². The number of ether oxygens (including phenoxy) is 3. The van der Waals surface area contributed by atoms with Gasteiger partial charge in [0, 0.05) is 5.69 Å². The zero-order chi connectivity index (χ0) is 19.4. The van der Waals surface area contributed by atoms with Crippen LogP contribution in [-0.4, -0.2) is 41.1 Å². The zero-order valence-corrected chi connectivity index (χ0v) is 15.0. The van der Waals surface area contributed by atoms with Gasteiger partial charge in [-0.05, 0) is 45.7 Å². The number of nitrogens with two attached hydrogens (primary N) is 1. The highest BCUT2D eigenvalue weighted by Gasteiger charge is 2.43. The molecule has 0 aliphatic carbocycles. The molecule has 1 saturated heterocycles. The third kappa shape index (κ3) is 4.83. The Balaban J connectivity index is 2.00. The van der Waals surface area contributed by atoms with E-state index in [0.717, 1.165) is 12.0 Å². The van der Waals surface area contributed by atoms with Crippen LogP contribution >= 0.6 is 0 Å². The van der Waals surface area contributed by atoms with E-state index in [2.05, 4.69) is 16.0 Å². The molecule has 9 nitrogen and oxygen atoms in total. The predicted octanol–water partition coefficient (Wildman–Crippen LogP) is 2.39. The van der Waals surface area contributed by atoms with Crippen LogP contribution in [0.4, 0.5) is 4.79 Å². The van der Waals surface area contributed by atoms with Crippen LogP contribution in [0.5, 0.6) is 0 Å². The van der Waals surface area contributed by atoms with Gasteiger partial charge < -0.3 is 24.9 Å². The molecule has 1 aliphatic heterocycles. The van der Waals surface area contributed by atoms with Gasteiger partial charge in [-0.2, -0.15) is 5.26 Å². The van der Waals surface area contributed by atoms with Crippen LogP contribution in [-0.2, 0) is 14.2 Å². The lowest BCUT2D eigenvalue weighted by molar-refractivity contribution is -0.0676. The summed E-state index contributed by atoms with van der Waals surface area (Å²) in [6.45, 7) is 4.98. The maximum Gasteiger partial charge on any atom is 0.508 e. The average molecular weight is 361 g/mol. The average Bonchev–Trinajstić information content (AvgIpc) is 3.19. The minimum absolute atomic E-state index is 0.184. The van der Waals surface area contributed by atoms with Crippen LogP contribution < -0.4 is 5.73 Å². The second kappa shape index (κ2) is 7.58.